The highest BCUT2D eigenvalue weighted by Gasteiger charge is 2.27. The summed E-state index contributed by atoms with van der Waals surface area (Å²) >= 11 is 0. The van der Waals surface area contributed by atoms with Crippen molar-refractivity contribution >= 4 is 16.9 Å². The molecule has 2 N–H and O–H groups in total. The van der Waals surface area contributed by atoms with Crippen molar-refractivity contribution in [2.24, 2.45) is 0 Å². The lowest BCUT2D eigenvalue weighted by Gasteiger charge is -2.14. The molecule has 9 nitrogen and oxygen atoms in total. The van der Waals surface area contributed by atoms with E-state index in [0.717, 1.165) is 0 Å². The van der Waals surface area contributed by atoms with E-state index in [1.807, 2.05) is 6.92 Å². The zero-order chi connectivity index (χ0) is 24.7. The Balaban J connectivity index is 1.69. The van der Waals surface area contributed by atoms with Crippen molar-refractivity contribution in [2.75, 3.05) is 5.73 Å². The molecular weight excluding hydrogens is 459 g/mol. The SMILES string of the molecule is CC(c1cnn(-c2ccccc2F)c1)n1c(C#N)c(-c2cnc(C(F)F)nc2)c2c(N)ncnc21. The molecule has 0 fully saturated rings. The molecule has 0 aliphatic heterocycles. The van der Waals surface area contributed by atoms with Gasteiger partial charge >= 0.3 is 0 Å². The minimum absolute atomic E-state index is 0.104. The zero-order valence-corrected chi connectivity index (χ0v) is 18.1. The topological polar surface area (TPSA) is 124 Å². The average molecular weight is 475 g/mol. The van der Waals surface area contributed by atoms with Gasteiger partial charge in [-0.3, -0.25) is 0 Å². The lowest BCUT2D eigenvalue weighted by molar-refractivity contribution is 0.140. The minimum Gasteiger partial charge on any atom is -0.383 e. The smallest absolute Gasteiger partial charge is 0.297 e. The Kier molecular flexibility index (Phi) is 5.37. The number of fused-ring (bicyclic) bond motifs is 1. The number of benzene rings is 1. The van der Waals surface area contributed by atoms with Gasteiger partial charge in [0.1, 0.15) is 41.1 Å². The quantitative estimate of drug-likeness (QED) is 0.404. The molecule has 174 valence electrons. The summed E-state index contributed by atoms with van der Waals surface area (Å²) in [6.07, 6.45) is 4.07. The molecule has 0 bridgehead atoms. The highest BCUT2D eigenvalue weighted by molar-refractivity contribution is 6.03. The summed E-state index contributed by atoms with van der Waals surface area (Å²) in [5.41, 5.74) is 8.24. The average Bonchev–Trinajstić information content (AvgIpc) is 3.48. The maximum absolute atomic E-state index is 14.3. The van der Waals surface area contributed by atoms with Crippen LogP contribution in [0.1, 0.15) is 36.5 Å². The fourth-order valence-electron chi connectivity index (χ4n) is 3.98. The third kappa shape index (κ3) is 3.63. The first-order chi connectivity index (χ1) is 16.9. The number of nitriles is 1. The number of hydrogen-bond acceptors (Lipinski definition) is 7. The predicted molar refractivity (Wildman–Crippen MR) is 120 cm³/mol. The molecule has 0 radical (unpaired) electrons. The van der Waals surface area contributed by atoms with Crippen molar-refractivity contribution in [3.8, 4) is 22.9 Å². The standard InChI is InChI=1S/C23H16F3N9/c1-12(14-9-33-34(10-14)16-5-3-2-4-15(16)24)35-17(6-27)18(19-21(28)31-11-32-23(19)35)13-7-29-22(20(25)26)30-8-13/h2-5,7-12,20H,1H3,(H2,28,31,32). The molecule has 0 aliphatic carbocycles. The van der Waals surface area contributed by atoms with Crippen LogP contribution in [0, 0.1) is 17.1 Å². The van der Waals surface area contributed by atoms with Crippen molar-refractivity contribution in [1.82, 2.24) is 34.3 Å². The molecule has 0 amide bonds. The first kappa shape index (κ1) is 22.0. The maximum atomic E-state index is 14.3. The second-order valence-corrected chi connectivity index (χ2v) is 7.64. The number of para-hydroxylation sites is 1. The number of nitrogens with two attached hydrogens (primary N) is 1. The third-order valence-electron chi connectivity index (χ3n) is 5.65. The van der Waals surface area contributed by atoms with E-state index in [2.05, 4.69) is 31.1 Å². The summed E-state index contributed by atoms with van der Waals surface area (Å²) in [7, 11) is 0. The summed E-state index contributed by atoms with van der Waals surface area (Å²) in [5.74, 6) is -0.962. The lowest BCUT2D eigenvalue weighted by Crippen LogP contribution is -2.09. The van der Waals surface area contributed by atoms with Crippen molar-refractivity contribution < 1.29 is 13.2 Å². The van der Waals surface area contributed by atoms with Gasteiger partial charge in [-0.1, -0.05) is 12.1 Å². The van der Waals surface area contributed by atoms with Gasteiger partial charge in [-0.25, -0.2) is 37.8 Å². The van der Waals surface area contributed by atoms with Gasteiger partial charge in [0.2, 0.25) is 0 Å². The Morgan fingerprint density at radius 3 is 2.49 bits per heavy atom. The number of hydrogen-bond donors (Lipinski definition) is 1. The van der Waals surface area contributed by atoms with Gasteiger partial charge in [0, 0.05) is 35.3 Å². The molecule has 1 unspecified atom stereocenters. The second-order valence-electron chi connectivity index (χ2n) is 7.64. The maximum Gasteiger partial charge on any atom is 0.297 e. The van der Waals surface area contributed by atoms with E-state index in [4.69, 9.17) is 5.73 Å². The van der Waals surface area contributed by atoms with Gasteiger partial charge in [0.05, 0.1) is 17.6 Å². The van der Waals surface area contributed by atoms with E-state index in [9.17, 15) is 18.4 Å². The van der Waals surface area contributed by atoms with Gasteiger partial charge in [-0.05, 0) is 19.1 Å². The number of rotatable bonds is 5. The molecule has 12 heteroatoms. The van der Waals surface area contributed by atoms with Crippen LogP contribution in [0.4, 0.5) is 19.0 Å². The Labute approximate surface area is 196 Å². The Morgan fingerprint density at radius 2 is 1.80 bits per heavy atom. The monoisotopic (exact) mass is 475 g/mol. The van der Waals surface area contributed by atoms with Gasteiger partial charge in [0.15, 0.2) is 5.82 Å². The highest BCUT2D eigenvalue weighted by atomic mass is 19.3. The van der Waals surface area contributed by atoms with Gasteiger partial charge < -0.3 is 10.3 Å². The van der Waals surface area contributed by atoms with Crippen LogP contribution in [-0.2, 0) is 0 Å². The van der Waals surface area contributed by atoms with Gasteiger partial charge in [-0.15, -0.1) is 0 Å². The molecule has 0 saturated heterocycles. The van der Waals surface area contributed by atoms with E-state index in [0.29, 0.717) is 27.7 Å². The number of halogens is 3. The van der Waals surface area contributed by atoms with Crippen molar-refractivity contribution in [3.63, 3.8) is 0 Å². The van der Waals surface area contributed by atoms with E-state index in [1.54, 1.807) is 35.2 Å². The molecule has 0 saturated carbocycles. The highest BCUT2D eigenvalue weighted by Crippen LogP contribution is 2.39. The number of anilines is 1. The summed E-state index contributed by atoms with van der Waals surface area (Å²) in [5, 5.41) is 14.8. The first-order valence-corrected chi connectivity index (χ1v) is 10.3. The van der Waals surface area contributed by atoms with Crippen molar-refractivity contribution in [2.45, 2.75) is 19.4 Å². The van der Waals surface area contributed by atoms with Crippen LogP contribution in [-0.4, -0.2) is 34.3 Å². The lowest BCUT2D eigenvalue weighted by atomic mass is 10.1. The van der Waals surface area contributed by atoms with Crippen LogP contribution in [0.2, 0.25) is 0 Å². The van der Waals surface area contributed by atoms with Crippen LogP contribution in [0.3, 0.4) is 0 Å². The van der Waals surface area contributed by atoms with E-state index in [-0.39, 0.29) is 17.2 Å². The Bertz CT molecular complexity index is 1580. The van der Waals surface area contributed by atoms with Crippen LogP contribution in [0.25, 0.3) is 27.8 Å². The Hall–Kier alpha value is -4.79. The summed E-state index contributed by atoms with van der Waals surface area (Å²) in [6, 6.07) is 7.89. The molecule has 5 aromatic rings. The van der Waals surface area contributed by atoms with E-state index < -0.39 is 24.1 Å². The molecule has 4 heterocycles. The van der Waals surface area contributed by atoms with Gasteiger partial charge in [-0.2, -0.15) is 10.4 Å². The second kappa shape index (κ2) is 8.53. The van der Waals surface area contributed by atoms with E-state index in [1.165, 1.54) is 29.5 Å². The predicted octanol–water partition coefficient (Wildman–Crippen LogP) is 4.21. The molecule has 5 rings (SSSR count). The van der Waals surface area contributed by atoms with Crippen molar-refractivity contribution in [1.29, 1.82) is 5.26 Å². The van der Waals surface area contributed by atoms with Crippen LogP contribution >= 0.6 is 0 Å². The third-order valence-corrected chi connectivity index (χ3v) is 5.65. The molecule has 0 aliphatic rings. The Morgan fingerprint density at radius 1 is 1.06 bits per heavy atom. The largest absolute Gasteiger partial charge is 0.383 e. The minimum atomic E-state index is -2.83. The first-order valence-electron chi connectivity index (χ1n) is 10.3. The number of aromatic nitrogens is 7. The molecule has 1 aromatic carbocycles. The van der Waals surface area contributed by atoms with Gasteiger partial charge in [0.25, 0.3) is 6.43 Å². The summed E-state index contributed by atoms with van der Waals surface area (Å²) < 4.78 is 43.2. The van der Waals surface area contributed by atoms with Crippen LogP contribution in [0.15, 0.2) is 55.4 Å². The molecule has 0 spiro atoms. The molecule has 35 heavy (non-hydrogen) atoms. The molecular formula is C23H16F3N9. The molecule has 4 aromatic heterocycles. The summed E-state index contributed by atoms with van der Waals surface area (Å²) in [4.78, 5) is 15.8. The fraction of sp³-hybridized carbons (Fsp3) is 0.130. The van der Waals surface area contributed by atoms with Crippen LogP contribution < -0.4 is 5.73 Å². The normalized spacial score (nSPS) is 12.2. The zero-order valence-electron chi connectivity index (χ0n) is 18.1. The fourth-order valence-corrected chi connectivity index (χ4v) is 3.98. The molecule has 1 atom stereocenters. The number of alkyl halides is 2. The number of nitrogen functional groups attached to an aromatic ring is 1. The van der Waals surface area contributed by atoms with Crippen LogP contribution in [0.5, 0.6) is 0 Å². The summed E-state index contributed by atoms with van der Waals surface area (Å²) in [6.45, 7) is 1.82. The number of nitrogens with zero attached hydrogens (tertiary/aromatic N) is 8. The van der Waals surface area contributed by atoms with Crippen molar-refractivity contribution in [3.05, 3.63) is 78.3 Å². The van der Waals surface area contributed by atoms with E-state index >= 15 is 0 Å².